The molecule has 1 heterocycles. The molecule has 0 aliphatic carbocycles. The fourth-order valence-electron chi connectivity index (χ4n) is 2.26. The smallest absolute Gasteiger partial charge is 0.252 e. The van der Waals surface area contributed by atoms with Gasteiger partial charge in [0.2, 0.25) is 0 Å². The van der Waals surface area contributed by atoms with Crippen LogP contribution in [0.4, 0.5) is 0 Å². The van der Waals surface area contributed by atoms with Crippen molar-refractivity contribution in [2.75, 3.05) is 14.2 Å². The number of amides is 1. The van der Waals surface area contributed by atoms with Crippen molar-refractivity contribution in [3.63, 3.8) is 0 Å². The first-order chi connectivity index (χ1) is 11.0. The van der Waals surface area contributed by atoms with E-state index in [4.69, 9.17) is 9.47 Å². The summed E-state index contributed by atoms with van der Waals surface area (Å²) in [5, 5.41) is 4.93. The highest BCUT2D eigenvalue weighted by Gasteiger charge is 2.15. The van der Waals surface area contributed by atoms with Crippen molar-refractivity contribution in [2.45, 2.75) is 32.7 Å². The van der Waals surface area contributed by atoms with Crippen molar-refractivity contribution < 1.29 is 14.3 Å². The van der Waals surface area contributed by atoms with E-state index < -0.39 is 0 Å². The van der Waals surface area contributed by atoms with Crippen LogP contribution in [0.1, 0.15) is 53.5 Å². The van der Waals surface area contributed by atoms with E-state index in [0.29, 0.717) is 23.0 Å². The maximum Gasteiger partial charge on any atom is 0.252 e. The molecule has 1 aromatic heterocycles. The zero-order chi connectivity index (χ0) is 17.0. The molecular formula is C18H23NO3S. The molecule has 0 saturated heterocycles. The summed E-state index contributed by atoms with van der Waals surface area (Å²) >= 11 is 1.62. The molecule has 1 amide bonds. The molecule has 1 atom stereocenters. The van der Waals surface area contributed by atoms with Gasteiger partial charge in [0.25, 0.3) is 5.91 Å². The van der Waals surface area contributed by atoms with Crippen LogP contribution in [0, 0.1) is 0 Å². The van der Waals surface area contributed by atoms with E-state index in [2.05, 4.69) is 19.2 Å². The Hall–Kier alpha value is -2.01. The van der Waals surface area contributed by atoms with Gasteiger partial charge in [-0.3, -0.25) is 4.79 Å². The van der Waals surface area contributed by atoms with Crippen LogP contribution in [0.5, 0.6) is 11.5 Å². The molecule has 5 heteroatoms. The van der Waals surface area contributed by atoms with E-state index in [0.717, 1.165) is 5.56 Å². The lowest BCUT2D eigenvalue weighted by atomic mass is 10.1. The predicted molar refractivity (Wildman–Crippen MR) is 93.8 cm³/mol. The number of hydrogen-bond acceptors (Lipinski definition) is 4. The summed E-state index contributed by atoms with van der Waals surface area (Å²) < 4.78 is 10.5. The number of nitrogens with one attached hydrogen (secondary N) is 1. The molecule has 0 radical (unpaired) electrons. The Labute approximate surface area is 141 Å². The maximum atomic E-state index is 12.4. The minimum Gasteiger partial charge on any atom is -0.493 e. The standard InChI is InChI=1S/C18H23NO3S/c1-11(2)17-9-14(10-23-17)18(20)19-12(3)13-6-7-15(21-4)16(8-13)22-5/h6-12H,1-5H3,(H,19,20)/t12-/m0/s1. The van der Waals surface area contributed by atoms with Crippen LogP contribution in [-0.2, 0) is 0 Å². The van der Waals surface area contributed by atoms with Gasteiger partial charge >= 0.3 is 0 Å². The fourth-order valence-corrected chi connectivity index (χ4v) is 3.17. The normalized spacial score (nSPS) is 12.1. The third-order valence-corrected chi connectivity index (χ3v) is 4.94. The lowest BCUT2D eigenvalue weighted by molar-refractivity contribution is 0.0940. The summed E-state index contributed by atoms with van der Waals surface area (Å²) in [5.74, 6) is 1.71. The second-order valence-electron chi connectivity index (χ2n) is 5.70. The van der Waals surface area contributed by atoms with Crippen LogP contribution in [0.25, 0.3) is 0 Å². The van der Waals surface area contributed by atoms with Crippen molar-refractivity contribution in [1.82, 2.24) is 5.32 Å². The highest BCUT2D eigenvalue weighted by Crippen LogP contribution is 2.30. The van der Waals surface area contributed by atoms with Crippen molar-refractivity contribution in [2.24, 2.45) is 0 Å². The highest BCUT2D eigenvalue weighted by molar-refractivity contribution is 7.10. The van der Waals surface area contributed by atoms with Gasteiger partial charge in [-0.2, -0.15) is 0 Å². The van der Waals surface area contributed by atoms with E-state index in [-0.39, 0.29) is 11.9 Å². The van der Waals surface area contributed by atoms with Gasteiger partial charge in [0, 0.05) is 10.3 Å². The second kappa shape index (κ2) is 7.51. The molecule has 0 spiro atoms. The van der Waals surface area contributed by atoms with E-state index in [1.807, 2.05) is 36.6 Å². The van der Waals surface area contributed by atoms with E-state index in [9.17, 15) is 4.79 Å². The number of rotatable bonds is 6. The van der Waals surface area contributed by atoms with Gasteiger partial charge in [-0.1, -0.05) is 19.9 Å². The van der Waals surface area contributed by atoms with Gasteiger partial charge in [-0.05, 0) is 36.6 Å². The van der Waals surface area contributed by atoms with Gasteiger partial charge in [0.05, 0.1) is 25.8 Å². The molecule has 0 aliphatic heterocycles. The zero-order valence-electron chi connectivity index (χ0n) is 14.2. The molecular weight excluding hydrogens is 310 g/mol. The van der Waals surface area contributed by atoms with Gasteiger partial charge in [0.1, 0.15) is 0 Å². The molecule has 0 saturated carbocycles. The number of methoxy groups -OCH3 is 2. The molecule has 1 aromatic carbocycles. The number of ether oxygens (including phenoxy) is 2. The SMILES string of the molecule is COc1ccc([C@H](C)NC(=O)c2csc(C(C)C)c2)cc1OC. The van der Waals surface area contributed by atoms with Gasteiger partial charge in [-0.15, -0.1) is 11.3 Å². The fraction of sp³-hybridized carbons (Fsp3) is 0.389. The van der Waals surface area contributed by atoms with Crippen LogP contribution in [0.2, 0.25) is 0 Å². The first kappa shape index (κ1) is 17.3. The van der Waals surface area contributed by atoms with E-state index in [1.165, 1.54) is 4.88 Å². The Kier molecular flexibility index (Phi) is 5.66. The molecule has 0 bridgehead atoms. The molecule has 0 unspecified atom stereocenters. The van der Waals surface area contributed by atoms with Crippen LogP contribution in [-0.4, -0.2) is 20.1 Å². The number of benzene rings is 1. The molecule has 0 aliphatic rings. The summed E-state index contributed by atoms with van der Waals surface area (Å²) in [5.41, 5.74) is 1.68. The van der Waals surface area contributed by atoms with Crippen molar-refractivity contribution in [3.05, 3.63) is 45.6 Å². The highest BCUT2D eigenvalue weighted by atomic mass is 32.1. The quantitative estimate of drug-likeness (QED) is 0.853. The van der Waals surface area contributed by atoms with Crippen LogP contribution in [0.3, 0.4) is 0 Å². The third kappa shape index (κ3) is 4.05. The number of carbonyl (C=O) groups excluding carboxylic acids is 1. The van der Waals surface area contributed by atoms with Crippen LogP contribution in [0.15, 0.2) is 29.6 Å². The van der Waals surface area contributed by atoms with E-state index >= 15 is 0 Å². The Morgan fingerprint density at radius 3 is 2.35 bits per heavy atom. The minimum absolute atomic E-state index is 0.0598. The Morgan fingerprint density at radius 2 is 1.78 bits per heavy atom. The monoisotopic (exact) mass is 333 g/mol. The lowest BCUT2D eigenvalue weighted by Crippen LogP contribution is -2.26. The van der Waals surface area contributed by atoms with Gasteiger partial charge < -0.3 is 14.8 Å². The molecule has 124 valence electrons. The molecule has 1 N–H and O–H groups in total. The molecule has 2 rings (SSSR count). The van der Waals surface area contributed by atoms with Gasteiger partial charge in [-0.25, -0.2) is 0 Å². The predicted octanol–water partition coefficient (Wildman–Crippen LogP) is 4.38. The zero-order valence-corrected chi connectivity index (χ0v) is 15.0. The minimum atomic E-state index is -0.121. The lowest BCUT2D eigenvalue weighted by Gasteiger charge is -2.16. The first-order valence-corrected chi connectivity index (χ1v) is 8.45. The summed E-state index contributed by atoms with van der Waals surface area (Å²) in [6.45, 7) is 6.20. The summed E-state index contributed by atoms with van der Waals surface area (Å²) in [4.78, 5) is 13.6. The van der Waals surface area contributed by atoms with E-state index in [1.54, 1.807) is 25.6 Å². The largest absolute Gasteiger partial charge is 0.493 e. The Bertz CT molecular complexity index is 679. The van der Waals surface area contributed by atoms with Crippen molar-refractivity contribution in [1.29, 1.82) is 0 Å². The summed E-state index contributed by atoms with van der Waals surface area (Å²) in [6, 6.07) is 7.51. The Balaban J connectivity index is 2.11. The molecule has 4 nitrogen and oxygen atoms in total. The molecule has 2 aromatic rings. The third-order valence-electron chi connectivity index (χ3n) is 3.71. The maximum absolute atomic E-state index is 12.4. The topological polar surface area (TPSA) is 47.6 Å². The average molecular weight is 333 g/mol. The molecule has 0 fully saturated rings. The van der Waals surface area contributed by atoms with Crippen molar-refractivity contribution >= 4 is 17.2 Å². The number of carbonyl (C=O) groups is 1. The van der Waals surface area contributed by atoms with Crippen LogP contribution >= 0.6 is 11.3 Å². The Morgan fingerprint density at radius 1 is 1.09 bits per heavy atom. The molecule has 23 heavy (non-hydrogen) atoms. The summed E-state index contributed by atoms with van der Waals surface area (Å²) in [7, 11) is 3.20. The summed E-state index contributed by atoms with van der Waals surface area (Å²) in [6.07, 6.45) is 0. The van der Waals surface area contributed by atoms with Crippen LogP contribution < -0.4 is 14.8 Å². The first-order valence-electron chi connectivity index (χ1n) is 7.57. The average Bonchev–Trinajstić information content (AvgIpc) is 3.04. The second-order valence-corrected chi connectivity index (χ2v) is 6.64. The number of thiophene rings is 1. The van der Waals surface area contributed by atoms with Crippen molar-refractivity contribution in [3.8, 4) is 11.5 Å². The van der Waals surface area contributed by atoms with Gasteiger partial charge in [0.15, 0.2) is 11.5 Å². The number of hydrogen-bond donors (Lipinski definition) is 1.